The van der Waals surface area contributed by atoms with Crippen LogP contribution < -0.4 is 5.32 Å². The summed E-state index contributed by atoms with van der Waals surface area (Å²) >= 11 is 0. The lowest BCUT2D eigenvalue weighted by atomic mass is 10.4. The summed E-state index contributed by atoms with van der Waals surface area (Å²) in [7, 11) is 1.68. The Morgan fingerprint density at radius 3 is 2.78 bits per heavy atom. The van der Waals surface area contributed by atoms with E-state index in [4.69, 9.17) is 4.74 Å². The van der Waals surface area contributed by atoms with E-state index in [0.717, 1.165) is 17.3 Å². The Balaban J connectivity index is 2.26. The van der Waals surface area contributed by atoms with Gasteiger partial charge >= 0.3 is 0 Å². The summed E-state index contributed by atoms with van der Waals surface area (Å²) in [6.45, 7) is 4.61. The van der Waals surface area contributed by atoms with Crippen LogP contribution in [0.4, 0.5) is 5.95 Å². The number of aromatic nitrogens is 4. The molecule has 0 bridgehead atoms. The summed E-state index contributed by atoms with van der Waals surface area (Å²) in [5.41, 5.74) is 1.82. The van der Waals surface area contributed by atoms with Crippen molar-refractivity contribution >= 4 is 5.95 Å². The van der Waals surface area contributed by atoms with Gasteiger partial charge in [0, 0.05) is 19.3 Å². The average Bonchev–Trinajstić information content (AvgIpc) is 2.71. The van der Waals surface area contributed by atoms with Crippen molar-refractivity contribution in [2.75, 3.05) is 19.0 Å². The molecule has 1 unspecified atom stereocenters. The maximum atomic E-state index is 5.10. The Morgan fingerprint density at radius 2 is 2.11 bits per heavy atom. The van der Waals surface area contributed by atoms with Gasteiger partial charge in [0.2, 0.25) is 5.95 Å². The molecule has 2 aromatic rings. The largest absolute Gasteiger partial charge is 0.383 e. The van der Waals surface area contributed by atoms with E-state index in [9.17, 15) is 0 Å². The van der Waals surface area contributed by atoms with Crippen molar-refractivity contribution in [1.82, 2.24) is 19.5 Å². The Morgan fingerprint density at radius 1 is 1.39 bits per heavy atom. The third kappa shape index (κ3) is 2.84. The van der Waals surface area contributed by atoms with Gasteiger partial charge in [0.15, 0.2) is 0 Å². The zero-order valence-corrected chi connectivity index (χ0v) is 10.8. The van der Waals surface area contributed by atoms with E-state index in [1.807, 2.05) is 24.6 Å². The topological polar surface area (TPSA) is 64.9 Å². The summed E-state index contributed by atoms with van der Waals surface area (Å²) < 4.78 is 7.04. The number of nitrogens with one attached hydrogen (secondary N) is 1. The van der Waals surface area contributed by atoms with Gasteiger partial charge in [-0.25, -0.2) is 15.0 Å². The fourth-order valence-electron chi connectivity index (χ4n) is 1.72. The fourth-order valence-corrected chi connectivity index (χ4v) is 1.72. The predicted molar refractivity (Wildman–Crippen MR) is 68.9 cm³/mol. The van der Waals surface area contributed by atoms with Gasteiger partial charge < -0.3 is 10.1 Å². The second-order valence-electron chi connectivity index (χ2n) is 4.17. The lowest BCUT2D eigenvalue weighted by Gasteiger charge is -2.14. The zero-order valence-electron chi connectivity index (χ0n) is 10.8. The van der Waals surface area contributed by atoms with E-state index < -0.39 is 0 Å². The second-order valence-corrected chi connectivity index (χ2v) is 4.17. The van der Waals surface area contributed by atoms with E-state index in [1.165, 1.54) is 6.33 Å². The molecule has 96 valence electrons. The highest BCUT2D eigenvalue weighted by atomic mass is 16.5. The highest BCUT2D eigenvalue weighted by molar-refractivity contribution is 5.41. The maximum absolute atomic E-state index is 5.10. The predicted octanol–water partition coefficient (Wildman–Crippen LogP) is 1.42. The summed E-state index contributed by atoms with van der Waals surface area (Å²) in [6, 6.07) is 0.181. The van der Waals surface area contributed by atoms with Gasteiger partial charge in [-0.1, -0.05) is 0 Å². The minimum Gasteiger partial charge on any atom is -0.383 e. The van der Waals surface area contributed by atoms with Crippen LogP contribution >= 0.6 is 0 Å². The summed E-state index contributed by atoms with van der Waals surface area (Å²) in [5.74, 6) is 0.770. The van der Waals surface area contributed by atoms with E-state index in [0.29, 0.717) is 6.61 Å². The third-order valence-electron chi connectivity index (χ3n) is 2.44. The molecule has 2 heterocycles. The third-order valence-corrected chi connectivity index (χ3v) is 2.44. The first-order valence-corrected chi connectivity index (χ1v) is 5.77. The van der Waals surface area contributed by atoms with Gasteiger partial charge in [-0.3, -0.25) is 4.57 Å². The summed E-state index contributed by atoms with van der Waals surface area (Å²) in [6.07, 6.45) is 6.95. The van der Waals surface area contributed by atoms with Gasteiger partial charge in [-0.2, -0.15) is 0 Å². The smallest absolute Gasteiger partial charge is 0.208 e. The number of anilines is 1. The molecule has 0 saturated carbocycles. The van der Waals surface area contributed by atoms with Gasteiger partial charge in [0.25, 0.3) is 0 Å². The molecule has 1 atom stereocenters. The number of nitrogens with zero attached hydrogens (tertiary/aromatic N) is 4. The molecule has 1 N–H and O–H groups in total. The number of ether oxygens (including phenoxy) is 1. The van der Waals surface area contributed by atoms with Crippen LogP contribution in [0.5, 0.6) is 0 Å². The standard InChI is InChI=1S/C12H17N5O/c1-9-6-17(11-4-13-8-14-5-11)12(15-9)16-10(2)7-18-3/h4-6,8,10H,7H2,1-3H3,(H,15,16). The molecule has 0 fully saturated rings. The molecule has 0 spiro atoms. The van der Waals surface area contributed by atoms with Crippen LogP contribution in [0.3, 0.4) is 0 Å². The minimum absolute atomic E-state index is 0.181. The Bertz CT molecular complexity index is 496. The lowest BCUT2D eigenvalue weighted by Crippen LogP contribution is -2.22. The molecule has 0 radical (unpaired) electrons. The van der Waals surface area contributed by atoms with Crippen molar-refractivity contribution in [2.24, 2.45) is 0 Å². The Kier molecular flexibility index (Phi) is 3.88. The van der Waals surface area contributed by atoms with Crippen LogP contribution in [0.2, 0.25) is 0 Å². The van der Waals surface area contributed by atoms with Gasteiger partial charge in [-0.05, 0) is 13.8 Å². The molecule has 0 aliphatic rings. The van der Waals surface area contributed by atoms with Crippen LogP contribution in [0, 0.1) is 6.92 Å². The van der Waals surface area contributed by atoms with Gasteiger partial charge in [-0.15, -0.1) is 0 Å². The summed E-state index contributed by atoms with van der Waals surface area (Å²) in [4.78, 5) is 12.5. The Labute approximate surface area is 106 Å². The number of hydrogen-bond donors (Lipinski definition) is 1. The van der Waals surface area contributed by atoms with Gasteiger partial charge in [0.1, 0.15) is 6.33 Å². The number of imidazole rings is 1. The van der Waals surface area contributed by atoms with Crippen LogP contribution in [0.25, 0.3) is 5.69 Å². The van der Waals surface area contributed by atoms with Gasteiger partial charge in [0.05, 0.1) is 30.4 Å². The zero-order chi connectivity index (χ0) is 13.0. The van der Waals surface area contributed by atoms with Crippen molar-refractivity contribution in [1.29, 1.82) is 0 Å². The molecule has 6 nitrogen and oxygen atoms in total. The van der Waals surface area contributed by atoms with Crippen molar-refractivity contribution < 1.29 is 4.74 Å². The maximum Gasteiger partial charge on any atom is 0.208 e. The molecular weight excluding hydrogens is 230 g/mol. The monoisotopic (exact) mass is 247 g/mol. The molecule has 0 aliphatic heterocycles. The van der Waals surface area contributed by atoms with E-state index in [-0.39, 0.29) is 6.04 Å². The molecule has 2 aromatic heterocycles. The first-order chi connectivity index (χ1) is 8.70. The van der Waals surface area contributed by atoms with Crippen molar-refractivity contribution in [3.8, 4) is 5.69 Å². The quantitative estimate of drug-likeness (QED) is 0.865. The van der Waals surface area contributed by atoms with E-state index >= 15 is 0 Å². The minimum atomic E-state index is 0.181. The van der Waals surface area contributed by atoms with Crippen molar-refractivity contribution in [3.05, 3.63) is 30.6 Å². The van der Waals surface area contributed by atoms with Crippen LogP contribution in [-0.2, 0) is 4.74 Å². The fraction of sp³-hybridized carbons (Fsp3) is 0.417. The average molecular weight is 247 g/mol. The van der Waals surface area contributed by atoms with E-state index in [2.05, 4.69) is 20.3 Å². The molecule has 2 rings (SSSR count). The lowest BCUT2D eigenvalue weighted by molar-refractivity contribution is 0.190. The molecule has 6 heteroatoms. The molecule has 18 heavy (non-hydrogen) atoms. The number of rotatable bonds is 5. The van der Waals surface area contributed by atoms with Crippen molar-refractivity contribution in [2.45, 2.75) is 19.9 Å². The van der Waals surface area contributed by atoms with Crippen LogP contribution in [-0.4, -0.2) is 39.3 Å². The normalized spacial score (nSPS) is 12.4. The highest BCUT2D eigenvalue weighted by Crippen LogP contribution is 2.15. The molecular formula is C12H17N5O. The number of hydrogen-bond acceptors (Lipinski definition) is 5. The Hall–Kier alpha value is -1.95. The first kappa shape index (κ1) is 12.5. The van der Waals surface area contributed by atoms with Crippen LogP contribution in [0.1, 0.15) is 12.6 Å². The molecule has 0 saturated heterocycles. The van der Waals surface area contributed by atoms with Crippen LogP contribution in [0.15, 0.2) is 24.9 Å². The summed E-state index contributed by atoms with van der Waals surface area (Å²) in [5, 5.41) is 3.30. The number of aryl methyl sites for hydroxylation is 1. The molecule has 0 amide bonds. The van der Waals surface area contributed by atoms with E-state index in [1.54, 1.807) is 19.5 Å². The second kappa shape index (κ2) is 5.59. The first-order valence-electron chi connectivity index (χ1n) is 5.77. The highest BCUT2D eigenvalue weighted by Gasteiger charge is 2.10. The number of methoxy groups -OCH3 is 1. The molecule has 0 aromatic carbocycles. The van der Waals surface area contributed by atoms with Crippen molar-refractivity contribution in [3.63, 3.8) is 0 Å². The molecule has 0 aliphatic carbocycles. The SMILES string of the molecule is COCC(C)Nc1nc(C)cn1-c1cncnc1.